The fourth-order valence-corrected chi connectivity index (χ4v) is 1.46. The number of hydrogen-bond acceptors (Lipinski definition) is 5. The molecule has 0 bridgehead atoms. The highest BCUT2D eigenvalue weighted by Gasteiger charge is 2.10. The zero-order chi connectivity index (χ0) is 12.0. The summed E-state index contributed by atoms with van der Waals surface area (Å²) >= 11 is 0. The van der Waals surface area contributed by atoms with Gasteiger partial charge in [0.15, 0.2) is 0 Å². The van der Waals surface area contributed by atoms with E-state index in [0.29, 0.717) is 18.3 Å². The molecule has 1 atom stereocenters. The maximum Gasteiger partial charge on any atom is 0.305 e. The summed E-state index contributed by atoms with van der Waals surface area (Å²) in [5.74, 6) is 0.637. The zero-order valence-electron chi connectivity index (χ0n) is 9.51. The summed E-state index contributed by atoms with van der Waals surface area (Å²) in [7, 11) is 1.89. The highest BCUT2D eigenvalue weighted by atomic mass is 16.6. The van der Waals surface area contributed by atoms with Crippen LogP contribution in [0.3, 0.4) is 0 Å². The molecule has 0 radical (unpaired) electrons. The van der Waals surface area contributed by atoms with Gasteiger partial charge in [-0.05, 0) is 13.5 Å². The third kappa shape index (κ3) is 3.54. The van der Waals surface area contributed by atoms with Crippen LogP contribution in [0.4, 0.5) is 5.69 Å². The number of likely N-dealkylation sites (N-methyl/N-ethyl adjacent to an activating group) is 1. The van der Waals surface area contributed by atoms with Gasteiger partial charge in [-0.2, -0.15) is 0 Å². The van der Waals surface area contributed by atoms with Gasteiger partial charge in [0.1, 0.15) is 18.2 Å². The lowest BCUT2D eigenvalue weighted by Gasteiger charge is -2.13. The molecule has 16 heavy (non-hydrogen) atoms. The molecule has 0 aliphatic carbocycles. The molecule has 0 aliphatic rings. The van der Waals surface area contributed by atoms with E-state index in [1.807, 2.05) is 7.05 Å². The predicted octanol–water partition coefficient (Wildman–Crippen LogP) is 1.32. The number of nitrogens with zero attached hydrogens (tertiary/aromatic N) is 3. The molecule has 0 spiro atoms. The average Bonchev–Trinajstić information content (AvgIpc) is 2.29. The van der Waals surface area contributed by atoms with Crippen molar-refractivity contribution in [2.75, 3.05) is 7.05 Å². The second-order valence-electron chi connectivity index (χ2n) is 3.59. The van der Waals surface area contributed by atoms with E-state index in [9.17, 15) is 10.1 Å². The molecule has 1 aromatic heterocycles. The molecule has 0 aromatic carbocycles. The van der Waals surface area contributed by atoms with Crippen LogP contribution in [-0.2, 0) is 6.42 Å². The van der Waals surface area contributed by atoms with Crippen LogP contribution in [0.2, 0.25) is 0 Å². The average molecular weight is 224 g/mol. The summed E-state index contributed by atoms with van der Waals surface area (Å²) in [5.41, 5.74) is -0.0692. The van der Waals surface area contributed by atoms with E-state index < -0.39 is 4.92 Å². The third-order valence-corrected chi connectivity index (χ3v) is 2.38. The van der Waals surface area contributed by atoms with Crippen molar-refractivity contribution in [3.8, 4) is 0 Å². The molecule has 0 saturated carbocycles. The van der Waals surface area contributed by atoms with Crippen LogP contribution in [0.1, 0.15) is 25.6 Å². The van der Waals surface area contributed by atoms with Gasteiger partial charge in [0.25, 0.3) is 0 Å². The van der Waals surface area contributed by atoms with Gasteiger partial charge in [-0.15, -0.1) is 0 Å². The highest BCUT2D eigenvalue weighted by molar-refractivity contribution is 5.20. The lowest BCUT2D eigenvalue weighted by atomic mass is 10.1. The van der Waals surface area contributed by atoms with E-state index in [2.05, 4.69) is 22.2 Å². The van der Waals surface area contributed by atoms with Gasteiger partial charge in [0, 0.05) is 12.5 Å². The molecule has 0 amide bonds. The predicted molar refractivity (Wildman–Crippen MR) is 60.1 cm³/mol. The summed E-state index contributed by atoms with van der Waals surface area (Å²) in [5, 5.41) is 13.6. The van der Waals surface area contributed by atoms with Crippen LogP contribution in [0.15, 0.2) is 12.4 Å². The summed E-state index contributed by atoms with van der Waals surface area (Å²) in [6, 6.07) is 0.325. The minimum atomic E-state index is -0.495. The Bertz CT molecular complexity index is 339. The first-order valence-corrected chi connectivity index (χ1v) is 5.30. The standard InChI is InChI=1S/C10H16N4O2/c1-3-4-8(11-2)5-10-12-6-9(7-13-10)14(15)16/h6-8,11H,3-5H2,1-2H3. The zero-order valence-corrected chi connectivity index (χ0v) is 9.51. The van der Waals surface area contributed by atoms with Crippen molar-refractivity contribution in [3.05, 3.63) is 28.3 Å². The molecule has 1 N–H and O–H groups in total. The summed E-state index contributed by atoms with van der Waals surface area (Å²) in [6.45, 7) is 2.11. The fourth-order valence-electron chi connectivity index (χ4n) is 1.46. The smallest absolute Gasteiger partial charge is 0.305 e. The van der Waals surface area contributed by atoms with Crippen molar-refractivity contribution >= 4 is 5.69 Å². The second kappa shape index (κ2) is 6.12. The third-order valence-electron chi connectivity index (χ3n) is 2.38. The van der Waals surface area contributed by atoms with Crippen molar-refractivity contribution < 1.29 is 4.92 Å². The Balaban J connectivity index is 2.63. The van der Waals surface area contributed by atoms with Crippen molar-refractivity contribution in [3.63, 3.8) is 0 Å². The number of aromatic nitrogens is 2. The number of nitro groups is 1. The van der Waals surface area contributed by atoms with Gasteiger partial charge in [-0.3, -0.25) is 10.1 Å². The molecule has 1 unspecified atom stereocenters. The maximum absolute atomic E-state index is 10.4. The van der Waals surface area contributed by atoms with E-state index in [4.69, 9.17) is 0 Å². The molecule has 1 aromatic rings. The van der Waals surface area contributed by atoms with Gasteiger partial charge in [0.2, 0.25) is 0 Å². The van der Waals surface area contributed by atoms with Crippen LogP contribution in [0.25, 0.3) is 0 Å². The van der Waals surface area contributed by atoms with Gasteiger partial charge < -0.3 is 5.32 Å². The number of rotatable bonds is 6. The van der Waals surface area contributed by atoms with Crippen LogP contribution in [0, 0.1) is 10.1 Å². The van der Waals surface area contributed by atoms with E-state index in [1.54, 1.807) is 0 Å². The van der Waals surface area contributed by atoms with Crippen molar-refractivity contribution in [2.24, 2.45) is 0 Å². The molecule has 1 rings (SSSR count). The molecule has 0 saturated heterocycles. The van der Waals surface area contributed by atoms with Crippen molar-refractivity contribution in [1.29, 1.82) is 0 Å². The topological polar surface area (TPSA) is 81.0 Å². The Morgan fingerprint density at radius 3 is 2.56 bits per heavy atom. The van der Waals surface area contributed by atoms with Gasteiger partial charge >= 0.3 is 5.69 Å². The Morgan fingerprint density at radius 1 is 1.50 bits per heavy atom. The summed E-state index contributed by atoms with van der Waals surface area (Å²) in [6.07, 6.45) is 5.32. The van der Waals surface area contributed by atoms with Crippen LogP contribution in [0.5, 0.6) is 0 Å². The largest absolute Gasteiger partial charge is 0.317 e. The van der Waals surface area contributed by atoms with E-state index in [1.165, 1.54) is 12.4 Å². The van der Waals surface area contributed by atoms with Crippen molar-refractivity contribution in [1.82, 2.24) is 15.3 Å². The highest BCUT2D eigenvalue weighted by Crippen LogP contribution is 2.08. The van der Waals surface area contributed by atoms with Gasteiger partial charge in [-0.1, -0.05) is 13.3 Å². The first-order chi connectivity index (χ1) is 7.67. The quantitative estimate of drug-likeness (QED) is 0.582. The van der Waals surface area contributed by atoms with E-state index >= 15 is 0 Å². The maximum atomic E-state index is 10.4. The van der Waals surface area contributed by atoms with Gasteiger partial charge in [0.05, 0.1) is 4.92 Å². The molecular formula is C10H16N4O2. The summed E-state index contributed by atoms with van der Waals surface area (Å²) < 4.78 is 0. The SMILES string of the molecule is CCCC(Cc1ncc([N+](=O)[O-])cn1)NC. The van der Waals surface area contributed by atoms with Gasteiger partial charge in [-0.25, -0.2) is 9.97 Å². The molecular weight excluding hydrogens is 208 g/mol. The molecule has 1 heterocycles. The minimum Gasteiger partial charge on any atom is -0.317 e. The fraction of sp³-hybridized carbons (Fsp3) is 0.600. The van der Waals surface area contributed by atoms with E-state index in [-0.39, 0.29) is 5.69 Å². The van der Waals surface area contributed by atoms with Crippen LogP contribution < -0.4 is 5.32 Å². The Morgan fingerprint density at radius 2 is 2.12 bits per heavy atom. The van der Waals surface area contributed by atoms with Crippen LogP contribution in [-0.4, -0.2) is 28.0 Å². The molecule has 6 heteroatoms. The Hall–Kier alpha value is -1.56. The van der Waals surface area contributed by atoms with E-state index in [0.717, 1.165) is 12.8 Å². The molecule has 6 nitrogen and oxygen atoms in total. The lowest BCUT2D eigenvalue weighted by molar-refractivity contribution is -0.385. The molecule has 0 fully saturated rings. The minimum absolute atomic E-state index is 0.0692. The number of nitrogens with one attached hydrogen (secondary N) is 1. The molecule has 0 aliphatic heterocycles. The second-order valence-corrected chi connectivity index (χ2v) is 3.59. The first-order valence-electron chi connectivity index (χ1n) is 5.30. The first kappa shape index (κ1) is 12.5. The number of hydrogen-bond donors (Lipinski definition) is 1. The van der Waals surface area contributed by atoms with Crippen molar-refractivity contribution in [2.45, 2.75) is 32.2 Å². The normalized spacial score (nSPS) is 12.4. The Labute approximate surface area is 94.3 Å². The lowest BCUT2D eigenvalue weighted by Crippen LogP contribution is -2.28. The molecule has 88 valence electrons. The monoisotopic (exact) mass is 224 g/mol. The van der Waals surface area contributed by atoms with Crippen LogP contribution >= 0.6 is 0 Å². The Kier molecular flexibility index (Phi) is 4.78. The summed E-state index contributed by atoms with van der Waals surface area (Å²) in [4.78, 5) is 17.9.